The Bertz CT molecular complexity index is 1040. The number of aliphatic hydroxyl groups excluding tert-OH is 3. The van der Waals surface area contributed by atoms with E-state index in [2.05, 4.69) is 15.9 Å². The first-order chi connectivity index (χ1) is 16.9. The number of hydrogen-bond acceptors (Lipinski definition) is 8. The van der Waals surface area contributed by atoms with Crippen LogP contribution in [-0.2, 0) is 26.0 Å². The predicted octanol–water partition coefficient (Wildman–Crippen LogP) is 3.21. The van der Waals surface area contributed by atoms with Gasteiger partial charge in [0.25, 0.3) is 0 Å². The van der Waals surface area contributed by atoms with Crippen molar-refractivity contribution in [2.45, 2.75) is 70.2 Å². The Morgan fingerprint density at radius 1 is 1.25 bits per heavy atom. The van der Waals surface area contributed by atoms with Gasteiger partial charge in [0.05, 0.1) is 34.9 Å². The van der Waals surface area contributed by atoms with Gasteiger partial charge in [-0.15, -0.1) is 11.3 Å². The van der Waals surface area contributed by atoms with Crippen LogP contribution in [0.1, 0.15) is 50.3 Å². The molecule has 36 heavy (non-hydrogen) atoms. The van der Waals surface area contributed by atoms with E-state index < -0.39 is 46.6 Å². The molecule has 0 aromatic carbocycles. The van der Waals surface area contributed by atoms with E-state index in [9.17, 15) is 33.3 Å². The summed E-state index contributed by atoms with van der Waals surface area (Å²) in [4.78, 5) is 24.7. The van der Waals surface area contributed by atoms with Gasteiger partial charge in [-0.1, -0.05) is 24.3 Å². The van der Waals surface area contributed by atoms with Crippen molar-refractivity contribution in [3.8, 4) is 0 Å². The number of sulfonamides is 1. The predicted molar refractivity (Wildman–Crippen MR) is 144 cm³/mol. The van der Waals surface area contributed by atoms with E-state index in [1.54, 1.807) is 17.4 Å². The molecule has 1 aliphatic rings. The van der Waals surface area contributed by atoms with Crippen LogP contribution in [0, 0.1) is 11.8 Å². The number of amides is 1. The van der Waals surface area contributed by atoms with Crippen molar-refractivity contribution in [2.75, 3.05) is 12.8 Å². The molecule has 1 aliphatic carbocycles. The number of ketones is 1. The van der Waals surface area contributed by atoms with Crippen LogP contribution >= 0.6 is 27.3 Å². The molecule has 1 amide bonds. The van der Waals surface area contributed by atoms with E-state index in [0.29, 0.717) is 30.0 Å². The Balaban J connectivity index is 1.81. The number of Topliss-reactive ketones (excluding diaryl/α,β-unsaturated/α-hetero) is 1. The number of carbonyl (C=O) groups is 2. The number of aryl methyl sites for hydroxylation is 1. The van der Waals surface area contributed by atoms with E-state index in [4.69, 9.17) is 0 Å². The van der Waals surface area contributed by atoms with Crippen LogP contribution in [0.5, 0.6) is 0 Å². The monoisotopic (exact) mass is 605 g/mol. The molecule has 3 N–H and O–H groups in total. The van der Waals surface area contributed by atoms with E-state index in [1.165, 1.54) is 11.8 Å². The molecule has 1 aromatic rings. The van der Waals surface area contributed by atoms with Crippen LogP contribution < -0.4 is 0 Å². The molecular formula is C25H36BrNO7S2. The van der Waals surface area contributed by atoms with E-state index in [0.717, 1.165) is 16.5 Å². The van der Waals surface area contributed by atoms with Crippen LogP contribution in [0.3, 0.4) is 0 Å². The van der Waals surface area contributed by atoms with Crippen molar-refractivity contribution < 1.29 is 33.3 Å². The molecule has 1 aromatic heterocycles. The number of allylic oxidation sites excluding steroid dienone is 2. The maximum atomic E-state index is 12.2. The molecule has 0 bridgehead atoms. The summed E-state index contributed by atoms with van der Waals surface area (Å²) in [5.41, 5.74) is 0. The highest BCUT2D eigenvalue weighted by atomic mass is 79.9. The lowest BCUT2D eigenvalue weighted by molar-refractivity contribution is -0.130. The number of rotatable bonds is 14. The van der Waals surface area contributed by atoms with Crippen molar-refractivity contribution in [2.24, 2.45) is 11.8 Å². The van der Waals surface area contributed by atoms with Gasteiger partial charge in [0.2, 0.25) is 15.9 Å². The van der Waals surface area contributed by atoms with Gasteiger partial charge in [-0.2, -0.15) is 0 Å². The van der Waals surface area contributed by atoms with E-state index in [1.807, 2.05) is 30.4 Å². The molecule has 202 valence electrons. The molecule has 0 radical (unpaired) electrons. The Hall–Kier alpha value is -1.37. The highest BCUT2D eigenvalue weighted by molar-refractivity contribution is 9.11. The van der Waals surface area contributed by atoms with Crippen molar-refractivity contribution in [3.05, 3.63) is 45.1 Å². The molecule has 1 heterocycles. The van der Waals surface area contributed by atoms with Gasteiger partial charge in [-0.05, 0) is 73.0 Å². The third-order valence-electron chi connectivity index (χ3n) is 6.17. The van der Waals surface area contributed by atoms with Gasteiger partial charge in [0.15, 0.2) is 0 Å². The van der Waals surface area contributed by atoms with Gasteiger partial charge in [-0.3, -0.25) is 9.59 Å². The molecule has 0 spiro atoms. The van der Waals surface area contributed by atoms with Gasteiger partial charge in [0, 0.05) is 23.6 Å². The SMILES string of the molecule is CC(=O)CN(C(=O)CCC/C=C\C[C@@H]1[C@@H](/C=C/[C@@H](O)CCc2ccc(Br)s2)[C@H](O)C[C@@H]1O)S(C)(=O)=O. The first-order valence-corrected chi connectivity index (χ1v) is 15.5. The van der Waals surface area contributed by atoms with Crippen LogP contribution in [0.15, 0.2) is 40.2 Å². The zero-order chi connectivity index (χ0) is 26.9. The third kappa shape index (κ3) is 10.2. The average Bonchev–Trinajstić information content (AvgIpc) is 3.31. The molecule has 5 atom stereocenters. The van der Waals surface area contributed by atoms with E-state index >= 15 is 0 Å². The van der Waals surface area contributed by atoms with E-state index in [-0.39, 0.29) is 24.7 Å². The zero-order valence-electron chi connectivity index (χ0n) is 20.6. The second kappa shape index (κ2) is 14.5. The lowest BCUT2D eigenvalue weighted by atomic mass is 9.89. The smallest absolute Gasteiger partial charge is 0.236 e. The van der Waals surface area contributed by atoms with Gasteiger partial charge in [-0.25, -0.2) is 12.7 Å². The fourth-order valence-corrected chi connectivity index (χ4v) is 6.67. The van der Waals surface area contributed by atoms with Crippen LogP contribution in [-0.4, -0.2) is 70.8 Å². The molecule has 8 nitrogen and oxygen atoms in total. The number of carbonyl (C=O) groups excluding carboxylic acids is 2. The minimum absolute atomic E-state index is 0.00112. The zero-order valence-corrected chi connectivity index (χ0v) is 23.8. The second-order valence-electron chi connectivity index (χ2n) is 9.27. The molecule has 0 unspecified atom stereocenters. The largest absolute Gasteiger partial charge is 0.393 e. The first-order valence-electron chi connectivity index (χ1n) is 12.0. The maximum absolute atomic E-state index is 12.2. The Morgan fingerprint density at radius 3 is 2.58 bits per heavy atom. The molecule has 2 rings (SSSR count). The topological polar surface area (TPSA) is 132 Å². The highest BCUT2D eigenvalue weighted by Gasteiger charge is 2.39. The molecular weight excluding hydrogens is 570 g/mol. The summed E-state index contributed by atoms with van der Waals surface area (Å²) in [6.07, 6.45) is 9.28. The maximum Gasteiger partial charge on any atom is 0.236 e. The minimum atomic E-state index is -3.80. The van der Waals surface area contributed by atoms with Crippen LogP contribution in [0.4, 0.5) is 0 Å². The van der Waals surface area contributed by atoms with Gasteiger partial charge < -0.3 is 15.3 Å². The summed E-state index contributed by atoms with van der Waals surface area (Å²) in [6.45, 7) is 0.779. The van der Waals surface area contributed by atoms with Crippen molar-refractivity contribution >= 4 is 49.0 Å². The standard InChI is InChI=1S/C25H36BrNO7S2/c1-17(28)16-27(36(2,33)34)25(32)8-6-4-3-5-7-20-21(23(31)15-22(20)30)13-10-18(29)9-11-19-12-14-24(26)35-19/h3,5,10,12-14,18,20-23,29-31H,4,6-9,11,15-16H2,1-2H3/b5-3-,13-10+/t18-,20+,21+,22-,23+/m0/s1. The van der Waals surface area contributed by atoms with Gasteiger partial charge >= 0.3 is 0 Å². The van der Waals surface area contributed by atoms with Crippen molar-refractivity contribution in [1.82, 2.24) is 4.31 Å². The summed E-state index contributed by atoms with van der Waals surface area (Å²) in [6, 6.07) is 4.00. The Labute approximate surface area is 225 Å². The first kappa shape index (κ1) is 30.9. The third-order valence-corrected chi connectivity index (χ3v) is 8.98. The summed E-state index contributed by atoms with van der Waals surface area (Å²) in [5, 5.41) is 31.1. The number of nitrogens with zero attached hydrogens (tertiary/aromatic N) is 1. The molecule has 0 aliphatic heterocycles. The normalized spacial score (nSPS) is 23.5. The van der Waals surface area contributed by atoms with Gasteiger partial charge in [0.1, 0.15) is 5.78 Å². The minimum Gasteiger partial charge on any atom is -0.393 e. The number of thiophene rings is 1. The quantitative estimate of drug-likeness (QED) is 0.219. The summed E-state index contributed by atoms with van der Waals surface area (Å²) in [5.74, 6) is -1.47. The fraction of sp³-hybridized carbons (Fsp3) is 0.600. The van der Waals surface area contributed by atoms with Crippen molar-refractivity contribution in [3.63, 3.8) is 0 Å². The molecule has 11 heteroatoms. The number of halogens is 1. The van der Waals surface area contributed by atoms with Crippen LogP contribution in [0.2, 0.25) is 0 Å². The van der Waals surface area contributed by atoms with Crippen molar-refractivity contribution in [1.29, 1.82) is 0 Å². The Kier molecular flexibility index (Phi) is 12.5. The number of unbranched alkanes of at least 4 members (excludes halogenated alkanes) is 1. The molecule has 1 saturated carbocycles. The van der Waals surface area contributed by atoms with Crippen LogP contribution in [0.25, 0.3) is 0 Å². The number of hydrogen-bond donors (Lipinski definition) is 3. The average molecular weight is 607 g/mol. The highest BCUT2D eigenvalue weighted by Crippen LogP contribution is 2.36. The fourth-order valence-electron chi connectivity index (χ4n) is 4.30. The molecule has 1 fully saturated rings. The Morgan fingerprint density at radius 2 is 1.97 bits per heavy atom. The molecule has 0 saturated heterocycles. The summed E-state index contributed by atoms with van der Waals surface area (Å²) < 4.78 is 25.2. The number of aliphatic hydroxyl groups is 3. The summed E-state index contributed by atoms with van der Waals surface area (Å²) in [7, 11) is -3.80. The lowest BCUT2D eigenvalue weighted by Gasteiger charge is -2.19. The lowest BCUT2D eigenvalue weighted by Crippen LogP contribution is -2.39. The summed E-state index contributed by atoms with van der Waals surface area (Å²) >= 11 is 5.06. The second-order valence-corrected chi connectivity index (χ2v) is 13.7.